The molecule has 0 saturated heterocycles. The Labute approximate surface area is 182 Å². The van der Waals surface area contributed by atoms with Gasteiger partial charge in [-0.2, -0.15) is 0 Å². The highest BCUT2D eigenvalue weighted by Gasteiger charge is 2.34. The zero-order valence-corrected chi connectivity index (χ0v) is 18.2. The van der Waals surface area contributed by atoms with E-state index in [0.717, 1.165) is 17.6 Å². The maximum absolute atomic E-state index is 13.6. The first-order chi connectivity index (χ1) is 14.6. The minimum absolute atomic E-state index is 0.0521. The van der Waals surface area contributed by atoms with Crippen molar-refractivity contribution in [1.82, 2.24) is 4.98 Å². The van der Waals surface area contributed by atoms with Gasteiger partial charge < -0.3 is 10.2 Å². The molecule has 0 bridgehead atoms. The molecule has 3 N–H and O–H groups in total. The highest BCUT2D eigenvalue weighted by Crippen LogP contribution is 2.34. The molecule has 168 valence electrons. The van der Waals surface area contributed by atoms with E-state index in [2.05, 4.69) is 10.3 Å². The van der Waals surface area contributed by atoms with Gasteiger partial charge >= 0.3 is 0 Å². The Morgan fingerprint density at radius 3 is 2.45 bits per heavy atom. The second-order valence-electron chi connectivity index (χ2n) is 7.37. The van der Waals surface area contributed by atoms with Crippen LogP contribution in [0.4, 0.5) is 13.9 Å². The number of hydrogen-bond acceptors (Lipinski definition) is 7. The number of hydrogen-bond donors (Lipinski definition) is 3. The molecule has 0 spiro atoms. The number of anilines is 1. The number of alkyl halides is 2. The maximum atomic E-state index is 13.6. The van der Waals surface area contributed by atoms with Crippen LogP contribution in [0.15, 0.2) is 40.6 Å². The van der Waals surface area contributed by atoms with Gasteiger partial charge in [0.05, 0.1) is 17.2 Å². The number of aromatic nitrogens is 1. The Hall–Kier alpha value is -2.21. The maximum Gasteiger partial charge on any atom is 0.257 e. The minimum Gasteiger partial charge on any atom is -0.393 e. The SMILES string of the molecule is CS(=O)(=O)c1ccc(/C(=C\C2C[C@@H](F)[C@@H](F)C2)C(=O)Nc2nc(C(O)CO)cs2)cc1. The average Bonchev–Trinajstić information content (AvgIpc) is 3.31. The summed E-state index contributed by atoms with van der Waals surface area (Å²) in [5.41, 5.74) is 0.711. The summed E-state index contributed by atoms with van der Waals surface area (Å²) in [4.78, 5) is 17.1. The minimum atomic E-state index is -3.43. The van der Waals surface area contributed by atoms with Crippen molar-refractivity contribution in [2.24, 2.45) is 5.92 Å². The molecule has 2 aromatic rings. The molecular formula is C20H22F2N2O5S2. The topological polar surface area (TPSA) is 117 Å². The summed E-state index contributed by atoms with van der Waals surface area (Å²) in [5, 5.41) is 22.9. The fraction of sp³-hybridized carbons (Fsp3) is 0.400. The lowest BCUT2D eigenvalue weighted by atomic mass is 9.98. The molecule has 1 amide bonds. The van der Waals surface area contributed by atoms with Crippen LogP contribution in [-0.2, 0) is 14.6 Å². The number of benzene rings is 1. The first-order valence-electron chi connectivity index (χ1n) is 9.44. The van der Waals surface area contributed by atoms with Crippen LogP contribution in [0.1, 0.15) is 30.2 Å². The molecular weight excluding hydrogens is 450 g/mol. The van der Waals surface area contributed by atoms with Crippen LogP contribution in [0.2, 0.25) is 0 Å². The summed E-state index contributed by atoms with van der Waals surface area (Å²) >= 11 is 1.04. The second kappa shape index (κ2) is 9.51. The Morgan fingerprint density at radius 1 is 1.29 bits per heavy atom. The monoisotopic (exact) mass is 472 g/mol. The summed E-state index contributed by atoms with van der Waals surface area (Å²) in [6.45, 7) is -0.522. The predicted molar refractivity (Wildman–Crippen MR) is 113 cm³/mol. The zero-order chi connectivity index (χ0) is 22.8. The van der Waals surface area contributed by atoms with E-state index in [0.29, 0.717) is 5.56 Å². The largest absolute Gasteiger partial charge is 0.393 e. The molecule has 0 aliphatic heterocycles. The summed E-state index contributed by atoms with van der Waals surface area (Å²) in [6, 6.07) is 5.63. The van der Waals surface area contributed by atoms with Crippen molar-refractivity contribution in [3.8, 4) is 0 Å². The number of aliphatic hydroxyl groups excluding tert-OH is 2. The molecule has 4 atom stereocenters. The van der Waals surface area contributed by atoms with E-state index in [1.807, 2.05) is 0 Å². The summed E-state index contributed by atoms with van der Waals surface area (Å²) in [7, 11) is -3.43. The number of nitrogens with one attached hydrogen (secondary N) is 1. The number of carbonyl (C=O) groups is 1. The zero-order valence-electron chi connectivity index (χ0n) is 16.5. The molecule has 1 aliphatic rings. The number of sulfone groups is 1. The highest BCUT2D eigenvalue weighted by molar-refractivity contribution is 7.90. The van der Waals surface area contributed by atoms with Gasteiger partial charge in [-0.05, 0) is 36.5 Å². The molecule has 0 radical (unpaired) electrons. The number of carbonyl (C=O) groups excluding carboxylic acids is 1. The molecule has 1 saturated carbocycles. The van der Waals surface area contributed by atoms with Crippen molar-refractivity contribution in [3.63, 3.8) is 0 Å². The van der Waals surface area contributed by atoms with Crippen LogP contribution >= 0.6 is 11.3 Å². The fourth-order valence-electron chi connectivity index (χ4n) is 3.28. The highest BCUT2D eigenvalue weighted by atomic mass is 32.2. The molecule has 11 heteroatoms. The predicted octanol–water partition coefficient (Wildman–Crippen LogP) is 2.68. The van der Waals surface area contributed by atoms with Crippen LogP contribution in [0.25, 0.3) is 5.57 Å². The van der Waals surface area contributed by atoms with E-state index in [-0.39, 0.29) is 34.1 Å². The van der Waals surface area contributed by atoms with Gasteiger partial charge in [0, 0.05) is 17.2 Å². The van der Waals surface area contributed by atoms with E-state index in [9.17, 15) is 27.1 Å². The van der Waals surface area contributed by atoms with Crippen LogP contribution in [-0.4, -0.2) is 54.7 Å². The number of aliphatic hydroxyl groups is 2. The molecule has 3 rings (SSSR count). The first kappa shape index (κ1) is 23.5. The van der Waals surface area contributed by atoms with Crippen LogP contribution in [0.3, 0.4) is 0 Å². The Morgan fingerprint density at radius 2 is 1.90 bits per heavy atom. The molecule has 1 aromatic heterocycles. The van der Waals surface area contributed by atoms with Crippen molar-refractivity contribution in [2.75, 3.05) is 18.2 Å². The fourth-order valence-corrected chi connectivity index (χ4v) is 4.66. The van der Waals surface area contributed by atoms with Gasteiger partial charge in [0.15, 0.2) is 15.0 Å². The molecule has 1 heterocycles. The van der Waals surface area contributed by atoms with Gasteiger partial charge in [-0.1, -0.05) is 18.2 Å². The van der Waals surface area contributed by atoms with Crippen LogP contribution in [0.5, 0.6) is 0 Å². The van der Waals surface area contributed by atoms with Gasteiger partial charge in [0.25, 0.3) is 5.91 Å². The molecule has 1 aliphatic carbocycles. The van der Waals surface area contributed by atoms with Crippen molar-refractivity contribution in [1.29, 1.82) is 0 Å². The number of rotatable bonds is 7. The van der Waals surface area contributed by atoms with Crippen molar-refractivity contribution >= 4 is 37.8 Å². The van der Waals surface area contributed by atoms with Gasteiger partial charge in [0.2, 0.25) is 0 Å². The summed E-state index contributed by atoms with van der Waals surface area (Å²) in [6.07, 6.45) is -1.92. The smallest absolute Gasteiger partial charge is 0.257 e. The van der Waals surface area contributed by atoms with Crippen molar-refractivity contribution in [3.05, 3.63) is 47.0 Å². The Bertz CT molecular complexity index is 1060. The third-order valence-electron chi connectivity index (χ3n) is 4.95. The Balaban J connectivity index is 1.90. The lowest BCUT2D eigenvalue weighted by Gasteiger charge is -2.11. The average molecular weight is 473 g/mol. The number of allylic oxidation sites excluding steroid dienone is 1. The van der Waals surface area contributed by atoms with E-state index >= 15 is 0 Å². The number of nitrogens with zero attached hydrogens (tertiary/aromatic N) is 1. The normalized spacial score (nSPS) is 23.0. The van der Waals surface area contributed by atoms with Crippen molar-refractivity contribution in [2.45, 2.75) is 36.2 Å². The van der Waals surface area contributed by atoms with E-state index < -0.39 is 46.7 Å². The summed E-state index contributed by atoms with van der Waals surface area (Å²) in [5.74, 6) is -1.09. The second-order valence-corrected chi connectivity index (χ2v) is 10.2. The molecule has 31 heavy (non-hydrogen) atoms. The third kappa shape index (κ3) is 5.73. The molecule has 1 aromatic carbocycles. The van der Waals surface area contributed by atoms with Gasteiger partial charge in [-0.3, -0.25) is 10.1 Å². The molecule has 2 unspecified atom stereocenters. The van der Waals surface area contributed by atoms with E-state index in [4.69, 9.17) is 5.11 Å². The number of amides is 1. The van der Waals surface area contributed by atoms with Gasteiger partial charge in [-0.15, -0.1) is 11.3 Å². The van der Waals surface area contributed by atoms with Crippen LogP contribution in [0, 0.1) is 5.92 Å². The number of halogens is 2. The van der Waals surface area contributed by atoms with Gasteiger partial charge in [0.1, 0.15) is 18.4 Å². The van der Waals surface area contributed by atoms with E-state index in [1.54, 1.807) is 0 Å². The van der Waals surface area contributed by atoms with E-state index in [1.165, 1.54) is 35.7 Å². The third-order valence-corrected chi connectivity index (χ3v) is 6.85. The lowest BCUT2D eigenvalue weighted by molar-refractivity contribution is -0.111. The van der Waals surface area contributed by atoms with Gasteiger partial charge in [-0.25, -0.2) is 22.2 Å². The number of thiazole rings is 1. The first-order valence-corrected chi connectivity index (χ1v) is 12.2. The lowest BCUT2D eigenvalue weighted by Crippen LogP contribution is -2.15. The molecule has 1 fully saturated rings. The quantitative estimate of drug-likeness (QED) is 0.534. The van der Waals surface area contributed by atoms with Crippen molar-refractivity contribution < 1.29 is 32.2 Å². The van der Waals surface area contributed by atoms with Crippen LogP contribution < -0.4 is 5.32 Å². The Kier molecular flexibility index (Phi) is 7.20. The molecule has 7 nitrogen and oxygen atoms in total. The summed E-state index contributed by atoms with van der Waals surface area (Å²) < 4.78 is 50.7. The standard InChI is InChI=1S/C20H22F2N2O5S2/c1-31(28,29)13-4-2-12(3-5-13)14(6-11-7-15(21)16(22)8-11)19(27)24-20-23-17(10-30-20)18(26)9-25/h2-6,10-11,15-16,18,25-26H,7-9H2,1H3,(H,23,24,27)/b14-6+/t11?,15-,16+,18?.